The van der Waals surface area contributed by atoms with Crippen LogP contribution in [0.4, 0.5) is 10.2 Å². The van der Waals surface area contributed by atoms with Gasteiger partial charge in [0, 0.05) is 20.1 Å². The molecule has 2 aromatic rings. The van der Waals surface area contributed by atoms with Crippen molar-refractivity contribution >= 4 is 11.8 Å². The van der Waals surface area contributed by atoms with Crippen LogP contribution in [0.15, 0.2) is 29.3 Å². The second-order valence-electron chi connectivity index (χ2n) is 6.58. The summed E-state index contributed by atoms with van der Waals surface area (Å²) in [7, 11) is 1.73. The highest BCUT2D eigenvalue weighted by atomic mass is 19.1. The number of nitrogens with two attached hydrogens (primary N) is 1. The zero-order valence-corrected chi connectivity index (χ0v) is 16.0. The lowest BCUT2D eigenvalue weighted by atomic mass is 10.1. The molecule has 1 heterocycles. The van der Waals surface area contributed by atoms with E-state index < -0.39 is 0 Å². The zero-order valence-electron chi connectivity index (χ0n) is 16.0. The van der Waals surface area contributed by atoms with Crippen LogP contribution in [-0.4, -0.2) is 35.9 Å². The third kappa shape index (κ3) is 5.45. The number of halogens is 1. The van der Waals surface area contributed by atoms with Crippen LogP contribution >= 0.6 is 0 Å². The number of benzene rings is 1. The van der Waals surface area contributed by atoms with Gasteiger partial charge < -0.3 is 16.4 Å². The van der Waals surface area contributed by atoms with Crippen molar-refractivity contribution in [1.29, 1.82) is 5.26 Å². The van der Waals surface area contributed by atoms with Gasteiger partial charge in [0.15, 0.2) is 5.96 Å². The number of nitrogens with one attached hydrogen (secondary N) is 2. The summed E-state index contributed by atoms with van der Waals surface area (Å²) in [6.07, 6.45) is 1.35. The molecule has 4 N–H and O–H groups in total. The van der Waals surface area contributed by atoms with E-state index in [0.29, 0.717) is 35.8 Å². The number of guanidine groups is 1. The standard InChI is InChI=1S/C19H26FN7/c1-13(2)12-25-19(23-3)24-10-4-5-17-16(11-21)18(22)27(26-17)15-8-6-14(20)7-9-15/h6-9,13H,4-5,10,12,22H2,1-3H3,(H2,23,24,25). The van der Waals surface area contributed by atoms with E-state index in [0.717, 1.165) is 18.9 Å². The minimum absolute atomic E-state index is 0.265. The van der Waals surface area contributed by atoms with Crippen molar-refractivity contribution < 1.29 is 4.39 Å². The van der Waals surface area contributed by atoms with Crippen LogP contribution in [0.2, 0.25) is 0 Å². The summed E-state index contributed by atoms with van der Waals surface area (Å²) in [5.74, 6) is 1.21. The highest BCUT2D eigenvalue weighted by Gasteiger charge is 2.16. The number of anilines is 1. The molecule has 7 nitrogen and oxygen atoms in total. The second kappa shape index (κ2) is 9.57. The van der Waals surface area contributed by atoms with Gasteiger partial charge in [-0.15, -0.1) is 0 Å². The Balaban J connectivity index is 1.99. The molecule has 144 valence electrons. The second-order valence-corrected chi connectivity index (χ2v) is 6.58. The predicted octanol–water partition coefficient (Wildman–Crippen LogP) is 2.22. The van der Waals surface area contributed by atoms with Gasteiger partial charge in [0.05, 0.1) is 11.4 Å². The normalized spacial score (nSPS) is 11.5. The van der Waals surface area contributed by atoms with Gasteiger partial charge in [0.2, 0.25) is 0 Å². The quantitative estimate of drug-likeness (QED) is 0.393. The molecule has 0 atom stereocenters. The molecule has 0 fully saturated rings. The summed E-state index contributed by atoms with van der Waals surface area (Å²) >= 11 is 0. The Labute approximate surface area is 159 Å². The molecule has 0 aliphatic heterocycles. The third-order valence-corrected chi connectivity index (χ3v) is 3.96. The number of aryl methyl sites for hydroxylation is 1. The molecule has 0 aliphatic rings. The molecule has 0 bridgehead atoms. The monoisotopic (exact) mass is 371 g/mol. The van der Waals surface area contributed by atoms with E-state index in [4.69, 9.17) is 5.73 Å². The Morgan fingerprint density at radius 1 is 1.33 bits per heavy atom. The Morgan fingerprint density at radius 3 is 2.63 bits per heavy atom. The fraction of sp³-hybridized carbons (Fsp3) is 0.421. The van der Waals surface area contributed by atoms with E-state index in [1.807, 2.05) is 0 Å². The average Bonchev–Trinajstić information content (AvgIpc) is 2.97. The summed E-state index contributed by atoms with van der Waals surface area (Å²) < 4.78 is 14.6. The summed E-state index contributed by atoms with van der Waals surface area (Å²) in [6, 6.07) is 7.95. The highest BCUT2D eigenvalue weighted by Crippen LogP contribution is 2.21. The average molecular weight is 371 g/mol. The molecule has 1 aromatic carbocycles. The summed E-state index contributed by atoms with van der Waals surface area (Å²) in [5.41, 5.74) is 7.68. The molecule has 1 aromatic heterocycles. The number of nitrogens with zero attached hydrogens (tertiary/aromatic N) is 4. The van der Waals surface area contributed by atoms with Crippen molar-refractivity contribution in [2.75, 3.05) is 25.9 Å². The molecule has 0 radical (unpaired) electrons. The van der Waals surface area contributed by atoms with E-state index >= 15 is 0 Å². The molecule has 0 saturated carbocycles. The minimum atomic E-state index is -0.337. The van der Waals surface area contributed by atoms with Crippen LogP contribution in [0.25, 0.3) is 5.69 Å². The zero-order chi connectivity index (χ0) is 19.8. The maximum Gasteiger partial charge on any atom is 0.190 e. The number of hydrogen-bond acceptors (Lipinski definition) is 4. The van der Waals surface area contributed by atoms with E-state index in [1.54, 1.807) is 19.2 Å². The topological polar surface area (TPSA) is 104 Å². The van der Waals surface area contributed by atoms with E-state index in [2.05, 4.69) is 40.6 Å². The molecule has 0 amide bonds. The smallest absolute Gasteiger partial charge is 0.190 e. The lowest BCUT2D eigenvalue weighted by Crippen LogP contribution is -2.39. The summed E-state index contributed by atoms with van der Waals surface area (Å²) in [4.78, 5) is 4.17. The molecule has 0 aliphatic carbocycles. The first-order valence-corrected chi connectivity index (χ1v) is 8.94. The SMILES string of the molecule is CN=C(NCCCc1nn(-c2ccc(F)cc2)c(N)c1C#N)NCC(C)C. The van der Waals surface area contributed by atoms with Gasteiger partial charge >= 0.3 is 0 Å². The molecule has 0 spiro atoms. The largest absolute Gasteiger partial charge is 0.382 e. The first kappa shape index (κ1) is 20.2. The van der Waals surface area contributed by atoms with Crippen molar-refractivity contribution in [2.45, 2.75) is 26.7 Å². The van der Waals surface area contributed by atoms with Gasteiger partial charge in [-0.3, -0.25) is 4.99 Å². The van der Waals surface area contributed by atoms with Gasteiger partial charge in [0.25, 0.3) is 0 Å². The van der Waals surface area contributed by atoms with Gasteiger partial charge in [-0.1, -0.05) is 13.8 Å². The van der Waals surface area contributed by atoms with Gasteiger partial charge in [-0.25, -0.2) is 9.07 Å². The van der Waals surface area contributed by atoms with Gasteiger partial charge in [0.1, 0.15) is 23.3 Å². The Hall–Kier alpha value is -3.08. The molecule has 0 saturated heterocycles. The van der Waals surface area contributed by atoms with Crippen molar-refractivity contribution in [3.8, 4) is 11.8 Å². The lowest BCUT2D eigenvalue weighted by Gasteiger charge is -2.13. The van der Waals surface area contributed by atoms with Crippen molar-refractivity contribution in [3.63, 3.8) is 0 Å². The Morgan fingerprint density at radius 2 is 2.04 bits per heavy atom. The van der Waals surface area contributed by atoms with Crippen molar-refractivity contribution in [1.82, 2.24) is 20.4 Å². The van der Waals surface area contributed by atoms with E-state index in [-0.39, 0.29) is 11.6 Å². The van der Waals surface area contributed by atoms with Crippen molar-refractivity contribution in [2.24, 2.45) is 10.9 Å². The molecular formula is C19H26FN7. The summed E-state index contributed by atoms with van der Waals surface area (Å²) in [6.45, 7) is 5.79. The van der Waals surface area contributed by atoms with Crippen LogP contribution in [0.5, 0.6) is 0 Å². The number of hydrogen-bond donors (Lipinski definition) is 3. The Kier molecular flexibility index (Phi) is 7.17. The first-order chi connectivity index (χ1) is 13.0. The van der Waals surface area contributed by atoms with Crippen LogP contribution < -0.4 is 16.4 Å². The van der Waals surface area contributed by atoms with Crippen LogP contribution in [0, 0.1) is 23.1 Å². The molecular weight excluding hydrogens is 345 g/mol. The number of nitrogen functional groups attached to an aromatic ring is 1. The summed E-state index contributed by atoms with van der Waals surface area (Å²) in [5, 5.41) is 20.4. The first-order valence-electron chi connectivity index (χ1n) is 8.94. The fourth-order valence-electron chi connectivity index (χ4n) is 2.54. The highest BCUT2D eigenvalue weighted by molar-refractivity contribution is 5.79. The number of aliphatic imine (C=N–C) groups is 1. The van der Waals surface area contributed by atoms with E-state index in [1.165, 1.54) is 16.8 Å². The number of rotatable bonds is 7. The van der Waals surface area contributed by atoms with Gasteiger partial charge in [-0.2, -0.15) is 10.4 Å². The van der Waals surface area contributed by atoms with Crippen LogP contribution in [-0.2, 0) is 6.42 Å². The van der Waals surface area contributed by atoms with Gasteiger partial charge in [-0.05, 0) is 43.0 Å². The minimum Gasteiger partial charge on any atom is -0.382 e. The molecule has 8 heteroatoms. The fourth-order valence-corrected chi connectivity index (χ4v) is 2.54. The number of nitriles is 1. The molecule has 27 heavy (non-hydrogen) atoms. The maximum atomic E-state index is 13.1. The Bertz CT molecular complexity index is 816. The molecule has 2 rings (SSSR count). The number of aromatic nitrogens is 2. The maximum absolute atomic E-state index is 13.1. The lowest BCUT2D eigenvalue weighted by molar-refractivity contribution is 0.612. The third-order valence-electron chi connectivity index (χ3n) is 3.96. The van der Waals surface area contributed by atoms with Crippen molar-refractivity contribution in [3.05, 3.63) is 41.3 Å². The predicted molar refractivity (Wildman–Crippen MR) is 105 cm³/mol. The van der Waals surface area contributed by atoms with Crippen LogP contribution in [0.3, 0.4) is 0 Å². The van der Waals surface area contributed by atoms with E-state index in [9.17, 15) is 9.65 Å². The molecule has 0 unspecified atom stereocenters. The van der Waals surface area contributed by atoms with Crippen LogP contribution in [0.1, 0.15) is 31.5 Å².